The molecular formula is C27H29ClN6O5S. The van der Waals surface area contributed by atoms with E-state index in [0.717, 1.165) is 30.6 Å². The molecule has 1 N–H and O–H groups in total. The largest absolute Gasteiger partial charge is 0.494 e. The second-order valence-electron chi connectivity index (χ2n) is 9.23. The lowest BCUT2D eigenvalue weighted by Gasteiger charge is -2.23. The fourth-order valence-corrected chi connectivity index (χ4v) is 5.69. The van der Waals surface area contributed by atoms with Crippen molar-refractivity contribution in [2.75, 3.05) is 44.8 Å². The van der Waals surface area contributed by atoms with E-state index in [1.165, 1.54) is 31.2 Å². The van der Waals surface area contributed by atoms with Gasteiger partial charge in [-0.15, -0.1) is 10.2 Å². The van der Waals surface area contributed by atoms with Gasteiger partial charge < -0.3 is 18.8 Å². The van der Waals surface area contributed by atoms with Crippen molar-refractivity contribution in [3.05, 3.63) is 71.2 Å². The molecule has 0 amide bonds. The summed E-state index contributed by atoms with van der Waals surface area (Å²) in [7, 11) is 1.16. The lowest BCUT2D eigenvalue weighted by atomic mass is 9.97. The third-order valence-corrected chi connectivity index (χ3v) is 8.02. The summed E-state index contributed by atoms with van der Waals surface area (Å²) >= 11 is 6.25. The zero-order valence-corrected chi connectivity index (χ0v) is 23.9. The topological polar surface area (TPSA) is 125 Å². The highest BCUT2D eigenvalue weighted by atomic mass is 35.5. The minimum Gasteiger partial charge on any atom is -0.494 e. The van der Waals surface area contributed by atoms with Crippen molar-refractivity contribution in [1.82, 2.24) is 24.6 Å². The van der Waals surface area contributed by atoms with Crippen molar-refractivity contribution in [2.45, 2.75) is 12.8 Å². The average Bonchev–Trinajstić information content (AvgIpc) is 3.62. The van der Waals surface area contributed by atoms with E-state index in [-0.39, 0.29) is 23.9 Å². The predicted molar refractivity (Wildman–Crippen MR) is 153 cm³/mol. The standard InChI is InChI=1S/C27H29ClN6O5S/c1-33-12-9-18(10-13-33)20-16-19(28)17-29-21(20)11-15-40(35,36)32-27-31-30-26(24-8-5-14-39-24)34(27)25-22(37-2)6-4-7-23(25)38-3/h4-9,14,16-17H,10-13,15H2,1-3H3,(H,31,32). The molecule has 4 aromatic rings. The number of para-hydroxylation sites is 1. The molecule has 0 spiro atoms. The predicted octanol–water partition coefficient (Wildman–Crippen LogP) is 4.30. The Hall–Kier alpha value is -3.87. The monoisotopic (exact) mass is 584 g/mol. The number of sulfonamides is 1. The van der Waals surface area contributed by atoms with Gasteiger partial charge in [0.1, 0.15) is 17.2 Å². The first kappa shape index (κ1) is 27.7. The van der Waals surface area contributed by atoms with Gasteiger partial charge in [0.05, 0.1) is 31.3 Å². The average molecular weight is 585 g/mol. The minimum atomic E-state index is -3.91. The number of rotatable bonds is 10. The highest BCUT2D eigenvalue weighted by molar-refractivity contribution is 7.92. The van der Waals surface area contributed by atoms with E-state index in [1.54, 1.807) is 30.3 Å². The van der Waals surface area contributed by atoms with Crippen molar-refractivity contribution < 1.29 is 22.3 Å². The zero-order valence-electron chi connectivity index (χ0n) is 22.3. The maximum Gasteiger partial charge on any atom is 0.243 e. The summed E-state index contributed by atoms with van der Waals surface area (Å²) in [5.74, 6) is 1.21. The summed E-state index contributed by atoms with van der Waals surface area (Å²) in [6, 6.07) is 10.5. The molecule has 1 aromatic carbocycles. The Bertz CT molecular complexity index is 1610. The molecule has 0 bridgehead atoms. The van der Waals surface area contributed by atoms with Crippen molar-refractivity contribution >= 4 is 33.1 Å². The highest BCUT2D eigenvalue weighted by Crippen LogP contribution is 2.38. The Kier molecular flexibility index (Phi) is 8.10. The third-order valence-electron chi connectivity index (χ3n) is 6.58. The molecule has 11 nitrogen and oxygen atoms in total. The maximum absolute atomic E-state index is 13.4. The normalized spacial score (nSPS) is 14.2. The number of nitrogens with zero attached hydrogens (tertiary/aromatic N) is 5. The molecule has 1 aliphatic heterocycles. The van der Waals surface area contributed by atoms with Gasteiger partial charge in [-0.25, -0.2) is 8.42 Å². The molecular weight excluding hydrogens is 556 g/mol. The summed E-state index contributed by atoms with van der Waals surface area (Å²) in [6.45, 7) is 1.71. The van der Waals surface area contributed by atoms with Crippen LogP contribution in [0.4, 0.5) is 5.95 Å². The molecule has 0 aliphatic carbocycles. The van der Waals surface area contributed by atoms with Crippen LogP contribution in [-0.4, -0.2) is 73.2 Å². The van der Waals surface area contributed by atoms with Gasteiger partial charge in [-0.05, 0) is 49.4 Å². The number of halogens is 1. The Morgan fingerprint density at radius 2 is 1.90 bits per heavy atom. The quantitative estimate of drug-likeness (QED) is 0.290. The van der Waals surface area contributed by atoms with Gasteiger partial charge in [0.15, 0.2) is 5.76 Å². The summed E-state index contributed by atoms with van der Waals surface area (Å²) < 4.78 is 47.6. The number of ether oxygens (including phenoxy) is 2. The number of pyridine rings is 1. The van der Waals surface area contributed by atoms with Gasteiger partial charge in [-0.3, -0.25) is 14.3 Å². The molecule has 13 heteroatoms. The van der Waals surface area contributed by atoms with Crippen LogP contribution in [0.1, 0.15) is 17.7 Å². The minimum absolute atomic E-state index is 0.0449. The fourth-order valence-electron chi connectivity index (χ4n) is 4.56. The Balaban J connectivity index is 1.47. The van der Waals surface area contributed by atoms with Crippen molar-refractivity contribution in [3.8, 4) is 28.8 Å². The molecule has 0 unspecified atom stereocenters. The molecule has 3 aromatic heterocycles. The second kappa shape index (κ2) is 11.7. The van der Waals surface area contributed by atoms with E-state index in [4.69, 9.17) is 25.5 Å². The van der Waals surface area contributed by atoms with Crippen LogP contribution in [0.5, 0.6) is 11.5 Å². The van der Waals surface area contributed by atoms with Crippen LogP contribution in [0.3, 0.4) is 0 Å². The Morgan fingerprint density at radius 1 is 1.12 bits per heavy atom. The number of furan rings is 1. The third kappa shape index (κ3) is 5.83. The van der Waals surface area contributed by atoms with Gasteiger partial charge in [0.2, 0.25) is 21.8 Å². The number of aromatic nitrogens is 4. The summed E-state index contributed by atoms with van der Waals surface area (Å²) in [5, 5.41) is 8.88. The van der Waals surface area contributed by atoms with Gasteiger partial charge in [0, 0.05) is 37.0 Å². The molecule has 4 heterocycles. The number of hydrogen-bond acceptors (Lipinski definition) is 9. The molecule has 0 saturated heterocycles. The first-order valence-electron chi connectivity index (χ1n) is 12.5. The number of nitrogens with one attached hydrogen (secondary N) is 1. The molecule has 1 aliphatic rings. The van der Waals surface area contributed by atoms with Crippen LogP contribution in [0.25, 0.3) is 22.8 Å². The molecule has 210 valence electrons. The van der Waals surface area contributed by atoms with Gasteiger partial charge in [0.25, 0.3) is 0 Å². The summed E-state index contributed by atoms with van der Waals surface area (Å²) in [4.78, 5) is 6.68. The number of hydrogen-bond donors (Lipinski definition) is 1. The number of anilines is 1. The lowest BCUT2D eigenvalue weighted by molar-refractivity contribution is 0.370. The van der Waals surface area contributed by atoms with Gasteiger partial charge >= 0.3 is 0 Å². The molecule has 40 heavy (non-hydrogen) atoms. The van der Waals surface area contributed by atoms with Gasteiger partial charge in [-0.2, -0.15) is 0 Å². The molecule has 0 fully saturated rings. The first-order valence-corrected chi connectivity index (χ1v) is 14.6. The summed E-state index contributed by atoms with van der Waals surface area (Å²) in [5.41, 5.74) is 3.06. The number of methoxy groups -OCH3 is 2. The van der Waals surface area contributed by atoms with Gasteiger partial charge in [-0.1, -0.05) is 23.7 Å². The van der Waals surface area contributed by atoms with Crippen LogP contribution in [-0.2, 0) is 16.4 Å². The molecule has 0 atom stereocenters. The number of aryl methyl sites for hydroxylation is 1. The summed E-state index contributed by atoms with van der Waals surface area (Å²) in [6.07, 6.45) is 6.17. The maximum atomic E-state index is 13.4. The van der Waals surface area contributed by atoms with Crippen LogP contribution in [0.15, 0.2) is 59.4 Å². The fraction of sp³-hybridized carbons (Fsp3) is 0.296. The van der Waals surface area contributed by atoms with Crippen LogP contribution < -0.4 is 14.2 Å². The highest BCUT2D eigenvalue weighted by Gasteiger charge is 2.26. The van der Waals surface area contributed by atoms with E-state index in [0.29, 0.717) is 33.7 Å². The van der Waals surface area contributed by atoms with Crippen molar-refractivity contribution in [3.63, 3.8) is 0 Å². The number of likely N-dealkylation sites (N-methyl/N-ethyl adjacent to an activating group) is 1. The lowest BCUT2D eigenvalue weighted by Crippen LogP contribution is -2.24. The molecule has 5 rings (SSSR count). The van der Waals surface area contributed by atoms with Crippen molar-refractivity contribution in [2.24, 2.45) is 0 Å². The van der Waals surface area contributed by atoms with E-state index in [2.05, 4.69) is 37.9 Å². The molecule has 0 radical (unpaired) electrons. The van der Waals surface area contributed by atoms with Crippen LogP contribution in [0, 0.1) is 0 Å². The second-order valence-corrected chi connectivity index (χ2v) is 11.5. The number of benzene rings is 1. The zero-order chi connectivity index (χ0) is 28.3. The SMILES string of the molecule is COc1cccc(OC)c1-n1c(NS(=O)(=O)CCc2ncc(Cl)cc2C2=CCN(C)CC2)nnc1-c1ccco1. The van der Waals surface area contributed by atoms with E-state index in [1.807, 2.05) is 6.07 Å². The van der Waals surface area contributed by atoms with E-state index < -0.39 is 10.0 Å². The Morgan fingerprint density at radius 3 is 2.55 bits per heavy atom. The van der Waals surface area contributed by atoms with Crippen molar-refractivity contribution in [1.29, 1.82) is 0 Å². The van der Waals surface area contributed by atoms with E-state index in [9.17, 15) is 8.42 Å². The smallest absolute Gasteiger partial charge is 0.243 e. The van der Waals surface area contributed by atoms with Crippen LogP contribution in [0.2, 0.25) is 5.02 Å². The first-order chi connectivity index (χ1) is 19.3. The Labute approximate surface area is 237 Å². The molecule has 0 saturated carbocycles. The van der Waals surface area contributed by atoms with Crippen LogP contribution >= 0.6 is 11.6 Å². The van der Waals surface area contributed by atoms with E-state index >= 15 is 0 Å².